The minimum Gasteiger partial charge on any atom is -0.468 e. The van der Waals surface area contributed by atoms with Crippen LogP contribution in [0.25, 0.3) is 0 Å². The van der Waals surface area contributed by atoms with Gasteiger partial charge in [0.15, 0.2) is 0 Å². The molecule has 0 amide bonds. The Kier molecular flexibility index (Phi) is 6.22. The van der Waals surface area contributed by atoms with E-state index < -0.39 is 0 Å². The van der Waals surface area contributed by atoms with Crippen molar-refractivity contribution >= 4 is 5.97 Å². The highest BCUT2D eigenvalue weighted by molar-refractivity contribution is 5.71. The van der Waals surface area contributed by atoms with Crippen LogP contribution in [-0.4, -0.2) is 31.1 Å². The lowest BCUT2D eigenvalue weighted by Crippen LogP contribution is -2.30. The van der Waals surface area contributed by atoms with Crippen LogP contribution in [-0.2, 0) is 16.1 Å². The summed E-state index contributed by atoms with van der Waals surface area (Å²) in [6.45, 7) is 1.41. The van der Waals surface area contributed by atoms with Gasteiger partial charge in [-0.2, -0.15) is 0 Å². The zero-order chi connectivity index (χ0) is 15.6. The summed E-state index contributed by atoms with van der Waals surface area (Å²) >= 11 is 0. The maximum atomic E-state index is 11.5. The highest BCUT2D eigenvalue weighted by atomic mass is 16.5. The highest BCUT2D eigenvalue weighted by Crippen LogP contribution is 2.04. The zero-order valence-corrected chi connectivity index (χ0v) is 12.7. The summed E-state index contributed by atoms with van der Waals surface area (Å²) in [4.78, 5) is 13.5. The number of carbonyl (C=O) groups excluding carboxylic acids is 1. The molecule has 0 saturated carbocycles. The molecule has 0 fully saturated rings. The first kappa shape index (κ1) is 15.8. The van der Waals surface area contributed by atoms with Crippen LogP contribution in [0.5, 0.6) is 0 Å². The molecule has 112 valence electrons. The minimum atomic E-state index is -0.252. The van der Waals surface area contributed by atoms with E-state index in [0.29, 0.717) is 13.1 Å². The van der Waals surface area contributed by atoms with Crippen LogP contribution in [0, 0.1) is 11.8 Å². The van der Waals surface area contributed by atoms with Crippen LogP contribution in [0.2, 0.25) is 0 Å². The lowest BCUT2D eigenvalue weighted by atomic mass is 10.2. The Hall–Kier alpha value is -2.57. The third-order valence-electron chi connectivity index (χ3n) is 3.14. The van der Waals surface area contributed by atoms with Crippen molar-refractivity contribution in [2.75, 3.05) is 20.2 Å². The van der Waals surface area contributed by atoms with E-state index in [9.17, 15) is 4.79 Å². The van der Waals surface area contributed by atoms with E-state index in [1.807, 2.05) is 65.6 Å². The fraction of sp³-hybridized carbons (Fsp3) is 0.211. The Morgan fingerprint density at radius 2 is 1.68 bits per heavy atom. The number of nitrogens with zero attached hydrogens (tertiary/aromatic N) is 1. The van der Waals surface area contributed by atoms with Crippen molar-refractivity contribution in [1.82, 2.24) is 4.90 Å². The number of hydrogen-bond acceptors (Lipinski definition) is 3. The van der Waals surface area contributed by atoms with Gasteiger partial charge in [0.25, 0.3) is 0 Å². The van der Waals surface area contributed by atoms with Crippen LogP contribution >= 0.6 is 0 Å². The maximum absolute atomic E-state index is 11.5. The third kappa shape index (κ3) is 5.43. The van der Waals surface area contributed by atoms with Crippen molar-refractivity contribution in [2.45, 2.75) is 6.54 Å². The molecule has 2 aromatic rings. The van der Waals surface area contributed by atoms with E-state index >= 15 is 0 Å². The van der Waals surface area contributed by atoms with Crippen molar-refractivity contribution < 1.29 is 9.53 Å². The third-order valence-corrected chi connectivity index (χ3v) is 3.14. The molecule has 0 saturated heterocycles. The van der Waals surface area contributed by atoms with Gasteiger partial charge in [0.1, 0.15) is 0 Å². The van der Waals surface area contributed by atoms with Crippen molar-refractivity contribution in [3.8, 4) is 11.8 Å². The van der Waals surface area contributed by atoms with Crippen molar-refractivity contribution in [2.24, 2.45) is 0 Å². The topological polar surface area (TPSA) is 29.5 Å². The molecule has 0 aliphatic heterocycles. The number of hydrogen-bond donors (Lipinski definition) is 0. The van der Waals surface area contributed by atoms with Gasteiger partial charge in [-0.05, 0) is 17.7 Å². The second kappa shape index (κ2) is 8.66. The first-order valence-electron chi connectivity index (χ1n) is 7.15. The van der Waals surface area contributed by atoms with Crippen LogP contribution < -0.4 is 0 Å². The number of methoxy groups -OCH3 is 1. The fourth-order valence-corrected chi connectivity index (χ4v) is 2.03. The lowest BCUT2D eigenvalue weighted by Gasteiger charge is -2.18. The largest absolute Gasteiger partial charge is 0.468 e. The van der Waals surface area contributed by atoms with Crippen LogP contribution in [0.1, 0.15) is 11.1 Å². The normalized spacial score (nSPS) is 9.91. The lowest BCUT2D eigenvalue weighted by molar-refractivity contribution is -0.141. The molecule has 2 aromatic carbocycles. The molecule has 0 aliphatic rings. The standard InChI is InChI=1S/C19H19NO2/c1-22-19(21)16-20(15-18-11-6-3-7-12-18)14-8-13-17-9-4-2-5-10-17/h2-7,9-12H,14-16H2,1H3. The fourth-order valence-electron chi connectivity index (χ4n) is 2.03. The Morgan fingerprint density at radius 1 is 1.05 bits per heavy atom. The van der Waals surface area contributed by atoms with Gasteiger partial charge in [-0.1, -0.05) is 60.4 Å². The van der Waals surface area contributed by atoms with Gasteiger partial charge in [0.05, 0.1) is 20.2 Å². The summed E-state index contributed by atoms with van der Waals surface area (Å²) in [5.41, 5.74) is 2.12. The molecule has 0 radical (unpaired) electrons. The molecular weight excluding hydrogens is 274 g/mol. The summed E-state index contributed by atoms with van der Waals surface area (Å²) in [7, 11) is 1.40. The first-order chi connectivity index (χ1) is 10.8. The summed E-state index contributed by atoms with van der Waals surface area (Å²) in [5.74, 6) is 5.98. The molecule has 22 heavy (non-hydrogen) atoms. The SMILES string of the molecule is COC(=O)CN(CC#Cc1ccccc1)Cc1ccccc1. The molecule has 0 heterocycles. The number of ether oxygens (including phenoxy) is 1. The Morgan fingerprint density at radius 3 is 2.32 bits per heavy atom. The van der Waals surface area contributed by atoms with Gasteiger partial charge in [0.2, 0.25) is 0 Å². The molecule has 0 aliphatic carbocycles. The van der Waals surface area contributed by atoms with E-state index in [1.165, 1.54) is 7.11 Å². The highest BCUT2D eigenvalue weighted by Gasteiger charge is 2.10. The van der Waals surface area contributed by atoms with Gasteiger partial charge >= 0.3 is 5.97 Å². The summed E-state index contributed by atoms with van der Waals surface area (Å²) < 4.78 is 4.75. The van der Waals surface area contributed by atoms with Crippen LogP contribution in [0.15, 0.2) is 60.7 Å². The van der Waals surface area contributed by atoms with Gasteiger partial charge < -0.3 is 4.74 Å². The van der Waals surface area contributed by atoms with Gasteiger partial charge in [-0.25, -0.2) is 0 Å². The molecule has 3 nitrogen and oxygen atoms in total. The van der Waals surface area contributed by atoms with E-state index in [1.54, 1.807) is 0 Å². The zero-order valence-electron chi connectivity index (χ0n) is 12.7. The smallest absolute Gasteiger partial charge is 0.319 e. The summed E-state index contributed by atoms with van der Waals surface area (Å²) in [6, 6.07) is 19.8. The molecule has 0 atom stereocenters. The van der Waals surface area contributed by atoms with Crippen molar-refractivity contribution in [3.05, 3.63) is 71.8 Å². The molecule has 0 N–H and O–H groups in total. The number of benzene rings is 2. The molecule has 2 rings (SSSR count). The molecule has 0 bridgehead atoms. The van der Waals surface area contributed by atoms with Gasteiger partial charge in [-0.15, -0.1) is 0 Å². The second-order valence-electron chi connectivity index (χ2n) is 4.87. The van der Waals surface area contributed by atoms with E-state index in [2.05, 4.69) is 11.8 Å². The van der Waals surface area contributed by atoms with Gasteiger partial charge in [-0.3, -0.25) is 9.69 Å². The van der Waals surface area contributed by atoms with Crippen molar-refractivity contribution in [1.29, 1.82) is 0 Å². The molecular formula is C19H19NO2. The van der Waals surface area contributed by atoms with Crippen LogP contribution in [0.3, 0.4) is 0 Å². The minimum absolute atomic E-state index is 0.231. The Balaban J connectivity index is 2.01. The molecule has 3 heteroatoms. The molecule has 0 aromatic heterocycles. The predicted octanol–water partition coefficient (Wildman–Crippen LogP) is 2.71. The number of esters is 1. The number of rotatable bonds is 5. The molecule has 0 unspecified atom stereocenters. The van der Waals surface area contributed by atoms with E-state index in [0.717, 1.165) is 11.1 Å². The van der Waals surface area contributed by atoms with Gasteiger partial charge in [0, 0.05) is 12.1 Å². The Labute approximate surface area is 131 Å². The first-order valence-corrected chi connectivity index (χ1v) is 7.15. The number of carbonyl (C=O) groups is 1. The maximum Gasteiger partial charge on any atom is 0.319 e. The van der Waals surface area contributed by atoms with E-state index in [4.69, 9.17) is 4.74 Å². The van der Waals surface area contributed by atoms with Crippen molar-refractivity contribution in [3.63, 3.8) is 0 Å². The quantitative estimate of drug-likeness (QED) is 0.627. The molecule has 0 spiro atoms. The Bertz CT molecular complexity index is 641. The predicted molar refractivity (Wildman–Crippen MR) is 87.1 cm³/mol. The monoisotopic (exact) mass is 293 g/mol. The van der Waals surface area contributed by atoms with E-state index in [-0.39, 0.29) is 12.5 Å². The average Bonchev–Trinajstić information content (AvgIpc) is 2.56. The average molecular weight is 293 g/mol. The van der Waals surface area contributed by atoms with Crippen LogP contribution in [0.4, 0.5) is 0 Å². The summed E-state index contributed by atoms with van der Waals surface area (Å²) in [5, 5.41) is 0. The summed E-state index contributed by atoms with van der Waals surface area (Å²) in [6.07, 6.45) is 0. The second-order valence-corrected chi connectivity index (χ2v) is 4.87.